The minimum atomic E-state index is -3.66. The molecule has 0 fully saturated rings. The van der Waals surface area contributed by atoms with Crippen molar-refractivity contribution in [2.45, 2.75) is 17.7 Å². The lowest BCUT2D eigenvalue weighted by Crippen LogP contribution is -2.12. The Bertz CT molecular complexity index is 728. The molecule has 0 radical (unpaired) electrons. The van der Waals surface area contributed by atoms with E-state index in [-0.39, 0.29) is 10.8 Å². The zero-order valence-corrected chi connectivity index (χ0v) is 13.3. The molecule has 1 heterocycles. The number of nitrogens with one attached hydrogen (secondary N) is 1. The van der Waals surface area contributed by atoms with Crippen molar-refractivity contribution in [1.29, 1.82) is 0 Å². The van der Waals surface area contributed by atoms with Crippen molar-refractivity contribution in [2.75, 3.05) is 11.3 Å². The number of rotatable bonds is 6. The van der Waals surface area contributed by atoms with Crippen LogP contribution in [-0.2, 0) is 23.0 Å². The highest BCUT2D eigenvalue weighted by Crippen LogP contribution is 2.26. The number of sulfonamides is 1. The van der Waals surface area contributed by atoms with Crippen LogP contribution in [0.5, 0.6) is 5.75 Å². The Labute approximate surface area is 128 Å². The van der Waals surface area contributed by atoms with Gasteiger partial charge in [-0.2, -0.15) is 5.10 Å². The van der Waals surface area contributed by atoms with Gasteiger partial charge in [-0.1, -0.05) is 0 Å². The van der Waals surface area contributed by atoms with E-state index >= 15 is 0 Å². The summed E-state index contributed by atoms with van der Waals surface area (Å²) in [6.07, 6.45) is 2.72. The third-order valence-corrected chi connectivity index (χ3v) is 4.37. The molecular formula is C13H16ClN3O3S. The summed E-state index contributed by atoms with van der Waals surface area (Å²) >= 11 is 5.86. The summed E-state index contributed by atoms with van der Waals surface area (Å²) in [5.74, 6) is 0.884. The van der Waals surface area contributed by atoms with Crippen molar-refractivity contribution >= 4 is 27.3 Å². The first-order valence-electron chi connectivity index (χ1n) is 6.29. The SMILES string of the molecule is CCOc1ccc(NS(=O)(=O)c2cnn(C)c2)cc1CCl. The Kier molecular flexibility index (Phi) is 4.74. The number of aryl methyl sites for hydroxylation is 1. The van der Waals surface area contributed by atoms with Gasteiger partial charge in [0.2, 0.25) is 0 Å². The molecule has 0 bridgehead atoms. The number of ether oxygens (including phenoxy) is 1. The number of benzene rings is 1. The summed E-state index contributed by atoms with van der Waals surface area (Å²) in [5.41, 5.74) is 1.16. The van der Waals surface area contributed by atoms with Crippen LogP contribution >= 0.6 is 11.6 Å². The predicted octanol–water partition coefficient (Wildman–Crippen LogP) is 2.36. The van der Waals surface area contributed by atoms with E-state index in [1.54, 1.807) is 25.2 Å². The molecule has 1 aromatic heterocycles. The maximum absolute atomic E-state index is 12.2. The molecule has 114 valence electrons. The maximum Gasteiger partial charge on any atom is 0.265 e. The Balaban J connectivity index is 2.27. The van der Waals surface area contributed by atoms with E-state index < -0.39 is 10.0 Å². The van der Waals surface area contributed by atoms with Crippen LogP contribution in [0.1, 0.15) is 12.5 Å². The van der Waals surface area contributed by atoms with Gasteiger partial charge in [-0.05, 0) is 25.1 Å². The Morgan fingerprint density at radius 1 is 1.43 bits per heavy atom. The highest BCUT2D eigenvalue weighted by molar-refractivity contribution is 7.92. The van der Waals surface area contributed by atoms with Gasteiger partial charge in [0.15, 0.2) is 0 Å². The molecule has 0 unspecified atom stereocenters. The fourth-order valence-electron chi connectivity index (χ4n) is 1.80. The van der Waals surface area contributed by atoms with Crippen molar-refractivity contribution in [3.05, 3.63) is 36.2 Å². The Morgan fingerprint density at radius 2 is 2.19 bits per heavy atom. The molecule has 2 rings (SSSR count). The van der Waals surface area contributed by atoms with Crippen LogP contribution < -0.4 is 9.46 Å². The summed E-state index contributed by atoms with van der Waals surface area (Å²) < 4.78 is 33.7. The summed E-state index contributed by atoms with van der Waals surface area (Å²) in [6, 6.07) is 4.99. The quantitative estimate of drug-likeness (QED) is 0.826. The first-order valence-corrected chi connectivity index (χ1v) is 8.31. The molecule has 0 aliphatic carbocycles. The van der Waals surface area contributed by atoms with E-state index in [0.717, 1.165) is 5.56 Å². The molecule has 0 amide bonds. The topological polar surface area (TPSA) is 73.2 Å². The molecule has 0 aliphatic rings. The lowest BCUT2D eigenvalue weighted by molar-refractivity contribution is 0.337. The summed E-state index contributed by atoms with van der Waals surface area (Å²) in [4.78, 5) is 0.103. The fourth-order valence-corrected chi connectivity index (χ4v) is 3.04. The van der Waals surface area contributed by atoms with Crippen LogP contribution in [0.3, 0.4) is 0 Å². The highest BCUT2D eigenvalue weighted by atomic mass is 35.5. The van der Waals surface area contributed by atoms with Crippen molar-refractivity contribution in [2.24, 2.45) is 7.05 Å². The average Bonchev–Trinajstić information content (AvgIpc) is 2.88. The number of hydrogen-bond donors (Lipinski definition) is 1. The van der Waals surface area contributed by atoms with Gasteiger partial charge in [0.25, 0.3) is 10.0 Å². The van der Waals surface area contributed by atoms with Gasteiger partial charge >= 0.3 is 0 Å². The van der Waals surface area contributed by atoms with Crippen molar-refractivity contribution in [1.82, 2.24) is 9.78 Å². The van der Waals surface area contributed by atoms with Crippen LogP contribution in [0.15, 0.2) is 35.5 Å². The van der Waals surface area contributed by atoms with Gasteiger partial charge in [-0.3, -0.25) is 9.40 Å². The molecule has 1 aromatic carbocycles. The molecule has 8 heteroatoms. The lowest BCUT2D eigenvalue weighted by atomic mass is 10.2. The van der Waals surface area contributed by atoms with Crippen molar-refractivity contribution in [3.63, 3.8) is 0 Å². The van der Waals surface area contributed by atoms with Crippen molar-refractivity contribution < 1.29 is 13.2 Å². The van der Waals surface area contributed by atoms with E-state index in [1.165, 1.54) is 17.1 Å². The Morgan fingerprint density at radius 3 is 2.76 bits per heavy atom. The minimum absolute atomic E-state index is 0.103. The van der Waals surface area contributed by atoms with Gasteiger partial charge in [0.05, 0.1) is 18.7 Å². The van der Waals surface area contributed by atoms with Gasteiger partial charge in [-0.25, -0.2) is 8.42 Å². The molecule has 2 aromatic rings. The van der Waals surface area contributed by atoms with Crippen LogP contribution in [0, 0.1) is 0 Å². The number of hydrogen-bond acceptors (Lipinski definition) is 4. The van der Waals surface area contributed by atoms with E-state index in [2.05, 4.69) is 9.82 Å². The second kappa shape index (κ2) is 6.36. The average molecular weight is 330 g/mol. The van der Waals surface area contributed by atoms with Crippen LogP contribution in [0.2, 0.25) is 0 Å². The molecular weight excluding hydrogens is 314 g/mol. The summed E-state index contributed by atoms with van der Waals surface area (Å²) in [5, 5.41) is 3.85. The van der Waals surface area contributed by atoms with Gasteiger partial charge in [-0.15, -0.1) is 11.6 Å². The summed E-state index contributed by atoms with van der Waals surface area (Å²) in [7, 11) is -2.01. The van der Waals surface area contributed by atoms with E-state index in [1.807, 2.05) is 6.92 Å². The zero-order valence-electron chi connectivity index (χ0n) is 11.7. The fraction of sp³-hybridized carbons (Fsp3) is 0.308. The Hall–Kier alpha value is -1.73. The van der Waals surface area contributed by atoms with Gasteiger partial charge in [0, 0.05) is 24.5 Å². The monoisotopic (exact) mass is 329 g/mol. The molecule has 0 saturated heterocycles. The number of aromatic nitrogens is 2. The van der Waals surface area contributed by atoms with E-state index in [4.69, 9.17) is 16.3 Å². The second-order valence-electron chi connectivity index (χ2n) is 4.34. The molecule has 1 N–H and O–H groups in total. The summed E-state index contributed by atoms with van der Waals surface area (Å²) in [6.45, 7) is 2.39. The third-order valence-electron chi connectivity index (χ3n) is 2.75. The van der Waals surface area contributed by atoms with Gasteiger partial charge in [0.1, 0.15) is 10.6 Å². The largest absolute Gasteiger partial charge is 0.494 e. The van der Waals surface area contributed by atoms with E-state index in [0.29, 0.717) is 18.0 Å². The maximum atomic E-state index is 12.2. The minimum Gasteiger partial charge on any atom is -0.494 e. The van der Waals surface area contributed by atoms with Crippen LogP contribution in [0.25, 0.3) is 0 Å². The first kappa shape index (κ1) is 15.7. The standard InChI is InChI=1S/C13H16ClN3O3S/c1-3-20-13-5-4-11(6-10(13)7-14)16-21(18,19)12-8-15-17(2)9-12/h4-6,8-9,16H,3,7H2,1-2H3. The predicted molar refractivity (Wildman–Crippen MR) is 81.2 cm³/mol. The molecule has 21 heavy (non-hydrogen) atoms. The van der Waals surface area contributed by atoms with Crippen LogP contribution in [0.4, 0.5) is 5.69 Å². The third kappa shape index (κ3) is 3.68. The zero-order chi connectivity index (χ0) is 15.5. The van der Waals surface area contributed by atoms with Crippen LogP contribution in [-0.4, -0.2) is 24.8 Å². The number of nitrogens with zero attached hydrogens (tertiary/aromatic N) is 2. The van der Waals surface area contributed by atoms with E-state index in [9.17, 15) is 8.42 Å². The van der Waals surface area contributed by atoms with Gasteiger partial charge < -0.3 is 4.74 Å². The smallest absolute Gasteiger partial charge is 0.265 e. The molecule has 0 aliphatic heterocycles. The lowest BCUT2D eigenvalue weighted by Gasteiger charge is -2.11. The normalized spacial score (nSPS) is 11.4. The van der Waals surface area contributed by atoms with Crippen molar-refractivity contribution in [3.8, 4) is 5.75 Å². The molecule has 6 nitrogen and oxygen atoms in total. The molecule has 0 spiro atoms. The number of halogens is 1. The highest BCUT2D eigenvalue weighted by Gasteiger charge is 2.17. The number of alkyl halides is 1. The number of anilines is 1. The molecule has 0 atom stereocenters. The first-order chi connectivity index (χ1) is 9.96. The second-order valence-corrected chi connectivity index (χ2v) is 6.29. The molecule has 0 saturated carbocycles.